The van der Waals surface area contributed by atoms with Gasteiger partial charge in [0.15, 0.2) is 0 Å². The molecule has 1 atom stereocenters. The summed E-state index contributed by atoms with van der Waals surface area (Å²) in [4.78, 5) is 31.3. The van der Waals surface area contributed by atoms with E-state index in [1.807, 2.05) is 4.90 Å². The fraction of sp³-hybridized carbons (Fsp3) is 0.913. The van der Waals surface area contributed by atoms with E-state index in [4.69, 9.17) is 0 Å². The molecule has 1 unspecified atom stereocenters. The van der Waals surface area contributed by atoms with Gasteiger partial charge in [0, 0.05) is 19.6 Å². The van der Waals surface area contributed by atoms with Crippen molar-refractivity contribution in [3.05, 3.63) is 0 Å². The second-order valence-electron chi connectivity index (χ2n) is 10.4. The van der Waals surface area contributed by atoms with Crippen molar-refractivity contribution in [2.75, 3.05) is 19.6 Å². The number of nitrogens with zero attached hydrogens (tertiary/aromatic N) is 2. The lowest BCUT2D eigenvalue weighted by molar-refractivity contribution is -0.162. The lowest BCUT2D eigenvalue weighted by Crippen LogP contribution is -2.57. The highest BCUT2D eigenvalue weighted by Crippen LogP contribution is 2.60. The van der Waals surface area contributed by atoms with Crippen molar-refractivity contribution in [1.82, 2.24) is 9.80 Å². The van der Waals surface area contributed by atoms with Gasteiger partial charge >= 0.3 is 0 Å². The third-order valence-corrected chi connectivity index (χ3v) is 8.46. The van der Waals surface area contributed by atoms with Gasteiger partial charge in [-0.25, -0.2) is 0 Å². The highest BCUT2D eigenvalue weighted by atomic mass is 16.2. The van der Waals surface area contributed by atoms with Gasteiger partial charge < -0.3 is 9.80 Å². The van der Waals surface area contributed by atoms with E-state index in [9.17, 15) is 9.59 Å². The lowest BCUT2D eigenvalue weighted by atomic mass is 9.49. The maximum atomic E-state index is 13.8. The standard InChI is InChI=1S/C23H36N2O2/c26-21(24-8-4-2-1-3-5-9-24)20-7-6-10-25(20)22(27)23-14-17-11-18(15-23)13-19(12-17)16-23/h17-20H,1-16H2. The van der Waals surface area contributed by atoms with E-state index in [1.54, 1.807) is 0 Å². The Morgan fingerprint density at radius 3 is 1.85 bits per heavy atom. The Kier molecular flexibility index (Phi) is 4.72. The van der Waals surface area contributed by atoms with Crippen molar-refractivity contribution >= 4 is 11.8 Å². The molecule has 0 radical (unpaired) electrons. The fourth-order valence-corrected chi connectivity index (χ4v) is 7.62. The van der Waals surface area contributed by atoms with Gasteiger partial charge in [0.25, 0.3) is 0 Å². The van der Waals surface area contributed by atoms with E-state index in [0.29, 0.717) is 5.91 Å². The maximum absolute atomic E-state index is 13.8. The Morgan fingerprint density at radius 1 is 0.704 bits per heavy atom. The SMILES string of the molecule is O=C(C1CCCN1C(=O)C12CC3CC(CC(C3)C1)C2)N1CCCCCCC1. The molecule has 4 bridgehead atoms. The normalized spacial score (nSPS) is 41.5. The average Bonchev–Trinajstić information content (AvgIpc) is 3.08. The van der Waals surface area contributed by atoms with Crippen LogP contribution in [0.4, 0.5) is 0 Å². The quantitative estimate of drug-likeness (QED) is 0.735. The topological polar surface area (TPSA) is 40.6 Å². The Morgan fingerprint density at radius 2 is 1.26 bits per heavy atom. The van der Waals surface area contributed by atoms with Crippen LogP contribution in [0.5, 0.6) is 0 Å². The van der Waals surface area contributed by atoms with Gasteiger partial charge in [0.05, 0.1) is 5.41 Å². The summed E-state index contributed by atoms with van der Waals surface area (Å²) in [6, 6.07) is -0.162. The summed E-state index contributed by atoms with van der Waals surface area (Å²) in [5.41, 5.74) is -0.103. The summed E-state index contributed by atoms with van der Waals surface area (Å²) in [6.07, 6.45) is 15.3. The van der Waals surface area contributed by atoms with Crippen LogP contribution in [0.25, 0.3) is 0 Å². The number of carbonyl (C=O) groups excluding carboxylic acids is 2. The molecule has 6 fully saturated rings. The van der Waals surface area contributed by atoms with Crippen LogP contribution in [0.1, 0.15) is 83.5 Å². The molecule has 4 heteroatoms. The van der Waals surface area contributed by atoms with E-state index in [1.165, 1.54) is 38.5 Å². The molecule has 4 saturated carbocycles. The number of rotatable bonds is 2. The van der Waals surface area contributed by atoms with Crippen LogP contribution in [-0.4, -0.2) is 47.3 Å². The zero-order valence-electron chi connectivity index (χ0n) is 16.8. The van der Waals surface area contributed by atoms with E-state index in [-0.39, 0.29) is 17.4 Å². The average molecular weight is 373 g/mol. The van der Waals surface area contributed by atoms with Gasteiger partial charge in [-0.2, -0.15) is 0 Å². The molecule has 2 amide bonds. The molecule has 0 aromatic rings. The molecule has 2 saturated heterocycles. The number of carbonyl (C=O) groups is 2. The van der Waals surface area contributed by atoms with Crippen molar-refractivity contribution in [3.63, 3.8) is 0 Å². The highest BCUT2D eigenvalue weighted by molar-refractivity contribution is 5.91. The molecule has 4 aliphatic carbocycles. The Balaban J connectivity index is 1.32. The van der Waals surface area contributed by atoms with Crippen molar-refractivity contribution in [2.45, 2.75) is 89.5 Å². The monoisotopic (exact) mass is 372 g/mol. The summed E-state index contributed by atoms with van der Waals surface area (Å²) < 4.78 is 0. The summed E-state index contributed by atoms with van der Waals surface area (Å²) >= 11 is 0. The smallest absolute Gasteiger partial charge is 0.245 e. The minimum Gasteiger partial charge on any atom is -0.341 e. The van der Waals surface area contributed by atoms with Crippen molar-refractivity contribution in [1.29, 1.82) is 0 Å². The third-order valence-electron chi connectivity index (χ3n) is 8.46. The maximum Gasteiger partial charge on any atom is 0.245 e. The highest BCUT2D eigenvalue weighted by Gasteiger charge is 2.57. The first kappa shape index (κ1) is 18.0. The summed E-state index contributed by atoms with van der Waals surface area (Å²) in [5.74, 6) is 2.97. The number of likely N-dealkylation sites (tertiary alicyclic amines) is 2. The first-order chi connectivity index (χ1) is 13.1. The van der Waals surface area contributed by atoms with Crippen LogP contribution < -0.4 is 0 Å². The van der Waals surface area contributed by atoms with Crippen LogP contribution in [0, 0.1) is 23.2 Å². The van der Waals surface area contributed by atoms with Gasteiger partial charge in [-0.05, 0) is 82.0 Å². The molecule has 0 N–H and O–H groups in total. The largest absolute Gasteiger partial charge is 0.341 e. The molecule has 4 nitrogen and oxygen atoms in total. The van der Waals surface area contributed by atoms with E-state index in [0.717, 1.165) is 82.3 Å². The molecule has 0 aromatic carbocycles. The van der Waals surface area contributed by atoms with Gasteiger partial charge in [-0.15, -0.1) is 0 Å². The van der Waals surface area contributed by atoms with Crippen LogP contribution in [-0.2, 0) is 9.59 Å². The first-order valence-electron chi connectivity index (χ1n) is 11.7. The minimum atomic E-state index is -0.162. The van der Waals surface area contributed by atoms with Crippen LogP contribution in [0.3, 0.4) is 0 Å². The molecular weight excluding hydrogens is 336 g/mol. The third kappa shape index (κ3) is 3.21. The van der Waals surface area contributed by atoms with E-state index < -0.39 is 0 Å². The zero-order valence-corrected chi connectivity index (χ0v) is 16.8. The van der Waals surface area contributed by atoms with Gasteiger partial charge in [0.1, 0.15) is 6.04 Å². The predicted molar refractivity (Wildman–Crippen MR) is 105 cm³/mol. The number of amides is 2. The molecule has 0 spiro atoms. The molecule has 0 aromatic heterocycles. The number of hydrogen-bond donors (Lipinski definition) is 0. The van der Waals surface area contributed by atoms with Crippen LogP contribution in [0.2, 0.25) is 0 Å². The minimum absolute atomic E-state index is 0.103. The summed E-state index contributed by atoms with van der Waals surface area (Å²) in [5, 5.41) is 0. The molecule has 150 valence electrons. The van der Waals surface area contributed by atoms with Gasteiger partial charge in [-0.3, -0.25) is 9.59 Å². The van der Waals surface area contributed by atoms with Crippen molar-refractivity contribution in [2.24, 2.45) is 23.2 Å². The Bertz CT molecular complexity index is 558. The van der Waals surface area contributed by atoms with Gasteiger partial charge in [0.2, 0.25) is 11.8 Å². The number of hydrogen-bond acceptors (Lipinski definition) is 2. The second kappa shape index (κ2) is 7.08. The van der Waals surface area contributed by atoms with Crippen LogP contribution in [0.15, 0.2) is 0 Å². The predicted octanol–water partition coefficient (Wildman–Crippen LogP) is 3.99. The van der Waals surface area contributed by atoms with Crippen LogP contribution >= 0.6 is 0 Å². The van der Waals surface area contributed by atoms with Crippen molar-refractivity contribution < 1.29 is 9.59 Å². The Labute approximate surface area is 164 Å². The molecule has 2 heterocycles. The zero-order chi connectivity index (χ0) is 18.4. The summed E-state index contributed by atoms with van der Waals surface area (Å²) in [6.45, 7) is 2.61. The first-order valence-corrected chi connectivity index (χ1v) is 11.7. The van der Waals surface area contributed by atoms with E-state index >= 15 is 0 Å². The molecule has 2 aliphatic heterocycles. The molecule has 6 aliphatic rings. The fourth-order valence-electron chi connectivity index (χ4n) is 7.62. The van der Waals surface area contributed by atoms with E-state index in [2.05, 4.69) is 4.90 Å². The second-order valence-corrected chi connectivity index (χ2v) is 10.4. The van der Waals surface area contributed by atoms with Crippen molar-refractivity contribution in [3.8, 4) is 0 Å². The molecule has 6 rings (SSSR count). The molecular formula is C23H36N2O2. The van der Waals surface area contributed by atoms with Gasteiger partial charge in [-0.1, -0.05) is 19.3 Å². The summed E-state index contributed by atoms with van der Waals surface area (Å²) in [7, 11) is 0. The molecule has 27 heavy (non-hydrogen) atoms. The lowest BCUT2D eigenvalue weighted by Gasteiger charge is -2.56. The Hall–Kier alpha value is -1.06.